The van der Waals surface area contributed by atoms with Crippen molar-refractivity contribution in [3.8, 4) is 16.9 Å². The summed E-state index contributed by atoms with van der Waals surface area (Å²) in [4.78, 5) is 1.19. The van der Waals surface area contributed by atoms with Gasteiger partial charge in [-0.3, -0.25) is 0 Å². The SMILES string of the molecule is CSc1ccccc1-n1cc(-c2ccccc2)nn1. The molecule has 19 heavy (non-hydrogen) atoms. The van der Waals surface area contributed by atoms with Gasteiger partial charge in [0.2, 0.25) is 0 Å². The zero-order chi connectivity index (χ0) is 13.1. The summed E-state index contributed by atoms with van der Waals surface area (Å²) in [6, 6.07) is 18.3. The summed E-state index contributed by atoms with van der Waals surface area (Å²) in [6.07, 6.45) is 4.03. The third-order valence-corrected chi connectivity index (χ3v) is 3.68. The van der Waals surface area contributed by atoms with Crippen molar-refractivity contribution in [1.82, 2.24) is 15.0 Å². The summed E-state index contributed by atoms with van der Waals surface area (Å²) in [5.41, 5.74) is 3.02. The lowest BCUT2D eigenvalue weighted by Gasteiger charge is -2.05. The Morgan fingerprint density at radius 3 is 2.47 bits per heavy atom. The first-order valence-electron chi connectivity index (χ1n) is 5.99. The molecule has 0 fully saturated rings. The topological polar surface area (TPSA) is 30.7 Å². The molecule has 0 aliphatic rings. The van der Waals surface area contributed by atoms with Crippen molar-refractivity contribution in [3.63, 3.8) is 0 Å². The van der Waals surface area contributed by atoms with Crippen molar-refractivity contribution in [1.29, 1.82) is 0 Å². The number of hydrogen-bond donors (Lipinski definition) is 0. The number of hydrogen-bond acceptors (Lipinski definition) is 3. The molecule has 3 rings (SSSR count). The van der Waals surface area contributed by atoms with Crippen LogP contribution in [0.3, 0.4) is 0 Å². The van der Waals surface area contributed by atoms with Crippen LogP contribution in [0.25, 0.3) is 16.9 Å². The fraction of sp³-hybridized carbons (Fsp3) is 0.0667. The Kier molecular flexibility index (Phi) is 3.33. The van der Waals surface area contributed by atoms with E-state index in [0.29, 0.717) is 0 Å². The average molecular weight is 267 g/mol. The van der Waals surface area contributed by atoms with Crippen molar-refractivity contribution in [2.45, 2.75) is 4.90 Å². The molecule has 0 amide bonds. The van der Waals surface area contributed by atoms with E-state index >= 15 is 0 Å². The van der Waals surface area contributed by atoms with Gasteiger partial charge in [0.1, 0.15) is 5.69 Å². The molecule has 1 heterocycles. The first-order chi connectivity index (χ1) is 9.38. The Balaban J connectivity index is 2.02. The van der Waals surface area contributed by atoms with E-state index in [1.807, 2.05) is 53.3 Å². The lowest BCUT2D eigenvalue weighted by molar-refractivity contribution is 0.792. The highest BCUT2D eigenvalue weighted by Gasteiger charge is 2.07. The molecule has 0 saturated carbocycles. The molecule has 3 nitrogen and oxygen atoms in total. The van der Waals surface area contributed by atoms with Gasteiger partial charge in [-0.1, -0.05) is 47.7 Å². The molecule has 0 spiro atoms. The number of para-hydroxylation sites is 1. The number of rotatable bonds is 3. The van der Waals surface area contributed by atoms with Crippen LogP contribution in [-0.4, -0.2) is 21.2 Å². The fourth-order valence-electron chi connectivity index (χ4n) is 1.94. The second-order valence-corrected chi connectivity index (χ2v) is 4.93. The smallest absolute Gasteiger partial charge is 0.113 e. The first-order valence-corrected chi connectivity index (χ1v) is 7.22. The molecular weight excluding hydrogens is 254 g/mol. The molecule has 3 aromatic rings. The molecule has 0 aliphatic carbocycles. The van der Waals surface area contributed by atoms with E-state index in [-0.39, 0.29) is 0 Å². The highest BCUT2D eigenvalue weighted by molar-refractivity contribution is 7.98. The Hall–Kier alpha value is -2.07. The molecule has 0 atom stereocenters. The van der Waals surface area contributed by atoms with E-state index < -0.39 is 0 Å². The minimum atomic E-state index is 0.886. The third kappa shape index (κ3) is 2.39. The van der Waals surface area contributed by atoms with Gasteiger partial charge < -0.3 is 0 Å². The van der Waals surface area contributed by atoms with Crippen molar-refractivity contribution in [3.05, 3.63) is 60.8 Å². The van der Waals surface area contributed by atoms with Crippen LogP contribution in [0.1, 0.15) is 0 Å². The summed E-state index contributed by atoms with van der Waals surface area (Å²) >= 11 is 1.71. The van der Waals surface area contributed by atoms with Crippen LogP contribution in [0.2, 0.25) is 0 Å². The van der Waals surface area contributed by atoms with Crippen LogP contribution in [0.5, 0.6) is 0 Å². The lowest BCUT2D eigenvalue weighted by Crippen LogP contribution is -1.96. The van der Waals surface area contributed by atoms with E-state index in [1.165, 1.54) is 4.90 Å². The minimum absolute atomic E-state index is 0.886. The highest BCUT2D eigenvalue weighted by atomic mass is 32.2. The second kappa shape index (κ2) is 5.28. The fourth-order valence-corrected chi connectivity index (χ4v) is 2.53. The van der Waals surface area contributed by atoms with Gasteiger partial charge in [-0.2, -0.15) is 0 Å². The molecule has 2 aromatic carbocycles. The molecule has 1 aromatic heterocycles. The quantitative estimate of drug-likeness (QED) is 0.679. The summed E-state index contributed by atoms with van der Waals surface area (Å²) in [5.74, 6) is 0. The summed E-state index contributed by atoms with van der Waals surface area (Å²) in [7, 11) is 0. The van der Waals surface area contributed by atoms with Gasteiger partial charge in [-0.05, 0) is 18.4 Å². The van der Waals surface area contributed by atoms with Crippen molar-refractivity contribution >= 4 is 11.8 Å². The standard InChI is InChI=1S/C15H13N3S/c1-19-15-10-6-5-9-14(15)18-11-13(16-17-18)12-7-3-2-4-8-12/h2-11H,1H3. The molecular formula is C15H13N3S. The van der Waals surface area contributed by atoms with Crippen LogP contribution in [-0.2, 0) is 0 Å². The van der Waals surface area contributed by atoms with E-state index in [2.05, 4.69) is 28.7 Å². The summed E-state index contributed by atoms with van der Waals surface area (Å²) < 4.78 is 1.83. The van der Waals surface area contributed by atoms with E-state index in [4.69, 9.17) is 0 Å². The normalized spacial score (nSPS) is 10.6. The zero-order valence-corrected chi connectivity index (χ0v) is 11.3. The van der Waals surface area contributed by atoms with Crippen LogP contribution < -0.4 is 0 Å². The number of aromatic nitrogens is 3. The summed E-state index contributed by atoms with van der Waals surface area (Å²) in [6.45, 7) is 0. The second-order valence-electron chi connectivity index (χ2n) is 4.09. The molecule has 0 unspecified atom stereocenters. The van der Waals surface area contributed by atoms with Crippen LogP contribution in [0, 0.1) is 0 Å². The van der Waals surface area contributed by atoms with Crippen LogP contribution in [0.15, 0.2) is 65.7 Å². The number of benzene rings is 2. The minimum Gasteiger partial charge on any atom is -0.219 e. The molecule has 4 heteroatoms. The maximum atomic E-state index is 4.24. The molecule has 94 valence electrons. The number of nitrogens with zero attached hydrogens (tertiary/aromatic N) is 3. The lowest BCUT2D eigenvalue weighted by atomic mass is 10.2. The van der Waals surface area contributed by atoms with Gasteiger partial charge >= 0.3 is 0 Å². The van der Waals surface area contributed by atoms with Gasteiger partial charge in [0.05, 0.1) is 11.9 Å². The molecule has 0 N–H and O–H groups in total. The van der Waals surface area contributed by atoms with E-state index in [0.717, 1.165) is 16.9 Å². The largest absolute Gasteiger partial charge is 0.219 e. The Labute approximate surface area is 116 Å². The maximum Gasteiger partial charge on any atom is 0.113 e. The van der Waals surface area contributed by atoms with Crippen molar-refractivity contribution in [2.24, 2.45) is 0 Å². The highest BCUT2D eigenvalue weighted by Crippen LogP contribution is 2.24. The van der Waals surface area contributed by atoms with Gasteiger partial charge in [-0.25, -0.2) is 4.68 Å². The molecule has 0 radical (unpaired) electrons. The molecule has 0 saturated heterocycles. The van der Waals surface area contributed by atoms with E-state index in [1.54, 1.807) is 11.8 Å². The average Bonchev–Trinajstić information content (AvgIpc) is 2.98. The maximum absolute atomic E-state index is 4.24. The van der Waals surface area contributed by atoms with Crippen LogP contribution >= 0.6 is 11.8 Å². The Bertz CT molecular complexity index is 677. The van der Waals surface area contributed by atoms with Crippen LogP contribution in [0.4, 0.5) is 0 Å². The third-order valence-electron chi connectivity index (χ3n) is 2.89. The van der Waals surface area contributed by atoms with Gasteiger partial charge in [0.15, 0.2) is 0 Å². The number of thioether (sulfide) groups is 1. The predicted octanol–water partition coefficient (Wildman–Crippen LogP) is 3.66. The van der Waals surface area contributed by atoms with Crippen molar-refractivity contribution in [2.75, 3.05) is 6.26 Å². The Morgan fingerprint density at radius 1 is 0.947 bits per heavy atom. The van der Waals surface area contributed by atoms with Gasteiger partial charge in [0.25, 0.3) is 0 Å². The first kappa shape index (κ1) is 12.0. The van der Waals surface area contributed by atoms with E-state index in [9.17, 15) is 0 Å². The summed E-state index contributed by atoms with van der Waals surface area (Å²) in [5, 5.41) is 8.47. The molecule has 0 bridgehead atoms. The zero-order valence-electron chi connectivity index (χ0n) is 10.5. The molecule has 0 aliphatic heterocycles. The predicted molar refractivity (Wildman–Crippen MR) is 78.6 cm³/mol. The van der Waals surface area contributed by atoms with Gasteiger partial charge in [-0.15, -0.1) is 16.9 Å². The monoisotopic (exact) mass is 267 g/mol. The van der Waals surface area contributed by atoms with Gasteiger partial charge in [0, 0.05) is 10.5 Å². The Morgan fingerprint density at radius 2 is 1.68 bits per heavy atom. The van der Waals surface area contributed by atoms with Crippen molar-refractivity contribution < 1.29 is 0 Å².